The molecular formula is C31H19F5N2O11PS-. The van der Waals surface area contributed by atoms with E-state index in [1.54, 1.807) is 0 Å². The summed E-state index contributed by atoms with van der Waals surface area (Å²) < 4.78 is 97.0. The molecule has 266 valence electrons. The van der Waals surface area contributed by atoms with Crippen molar-refractivity contribution in [3.8, 4) is 33.9 Å². The van der Waals surface area contributed by atoms with Crippen LogP contribution in [0.15, 0.2) is 62.6 Å². The van der Waals surface area contributed by atoms with E-state index < -0.39 is 122 Å². The second-order valence-corrected chi connectivity index (χ2v) is 12.7. The first-order chi connectivity index (χ1) is 23.9. The third kappa shape index (κ3) is 7.65. The Bertz CT molecular complexity index is 2330. The third-order valence-corrected chi connectivity index (χ3v) is 8.71. The number of phosphoric acid groups is 1. The van der Waals surface area contributed by atoms with Crippen molar-refractivity contribution in [2.75, 3.05) is 12.3 Å². The molecule has 13 nitrogen and oxygen atoms in total. The summed E-state index contributed by atoms with van der Waals surface area (Å²) in [5.74, 6) is -14.6. The number of rotatable bonds is 11. The van der Waals surface area contributed by atoms with Crippen LogP contribution in [-0.4, -0.2) is 50.1 Å². The Balaban J connectivity index is 1.54. The molecule has 1 atom stereocenters. The van der Waals surface area contributed by atoms with Crippen LogP contribution in [0.4, 0.5) is 26.7 Å². The number of phosphoric ester groups is 1. The molecule has 3 aromatic rings. The monoisotopic (exact) mass is 753 g/mol. The number of phenolic OH excluding ortho intramolecular Hbond substituents is 1. The molecule has 5 N–H and O–H groups in total. The maximum atomic E-state index is 16.4. The van der Waals surface area contributed by atoms with Gasteiger partial charge in [0, 0.05) is 40.8 Å². The topological polar surface area (TPSA) is 221 Å². The molecule has 0 saturated heterocycles. The number of hydrogen-bond donors (Lipinski definition) is 4. The minimum atomic E-state index is -5.11. The van der Waals surface area contributed by atoms with Crippen molar-refractivity contribution >= 4 is 48.3 Å². The number of carbonyl (C=O) groups is 3. The van der Waals surface area contributed by atoms with Gasteiger partial charge in [0.05, 0.1) is 17.2 Å². The average Bonchev–Trinajstić information content (AvgIpc) is 3.03. The smallest absolute Gasteiger partial charge is 0.339 e. The highest BCUT2D eigenvalue weighted by Gasteiger charge is 2.34. The summed E-state index contributed by atoms with van der Waals surface area (Å²) in [6, 6.07) is 5.88. The Hall–Kier alpha value is -5.49. The Kier molecular flexibility index (Phi) is 10.1. The molecule has 0 saturated carbocycles. The first-order valence-electron chi connectivity index (χ1n) is 13.9. The van der Waals surface area contributed by atoms with Crippen molar-refractivity contribution in [2.24, 2.45) is 5.73 Å². The number of ketones is 1. The standard InChI is InChI=1S/C31H20F5N2O11PS/c32-17-5-15-21(7-19(17)40)48-22-8-20(41)18(33)6-16(22)23(15)24-25(30(42)43)26(34)28(36)29(27(24)35)51-11-13(39)10-38(31(37)44)9-12-1-3-14(4-2-12)49-50(45,46)47/h1-8,40H,9-11H2,(H2,37,44)(H,42,43)(H2,45,46,47)/p-1. The number of nitrogens with two attached hydrogens (primary N) is 1. The van der Waals surface area contributed by atoms with E-state index in [1.807, 2.05) is 0 Å². The minimum absolute atomic E-state index is 0.0452. The molecule has 1 unspecified atom stereocenters. The first-order valence-corrected chi connectivity index (χ1v) is 16.4. The maximum absolute atomic E-state index is 16.4. The fourth-order valence-corrected chi connectivity index (χ4v) is 6.23. The number of aromatic hydroxyl groups is 1. The van der Waals surface area contributed by atoms with Crippen LogP contribution < -0.4 is 20.6 Å². The number of Topliss-reactive ketones (excluding diaryl/α,β-unsaturated/α-hetero) is 1. The molecule has 0 bridgehead atoms. The Morgan fingerprint density at radius 3 is 2.24 bits per heavy atom. The SMILES string of the molecule is NC(=O)N(CC(=O)CSc1c(F)c(F)c(C(=O)O)c(-c2c3cc(F)c(=O)cc-3oc3cc(O)c(F)cc23)c1F)Cc1ccc(OP(=O)([O-])O)cc1. The van der Waals surface area contributed by atoms with Gasteiger partial charge in [0.25, 0.3) is 0 Å². The summed E-state index contributed by atoms with van der Waals surface area (Å²) in [4.78, 5) is 68.5. The van der Waals surface area contributed by atoms with Gasteiger partial charge in [-0.05, 0) is 29.8 Å². The van der Waals surface area contributed by atoms with Gasteiger partial charge in [-0.1, -0.05) is 12.1 Å². The van der Waals surface area contributed by atoms with E-state index in [0.29, 0.717) is 24.3 Å². The number of carboxylic acids is 1. The van der Waals surface area contributed by atoms with Crippen LogP contribution in [0.2, 0.25) is 0 Å². The zero-order valence-electron chi connectivity index (χ0n) is 25.1. The van der Waals surface area contributed by atoms with Gasteiger partial charge < -0.3 is 39.6 Å². The minimum Gasteiger partial charge on any atom is -0.746 e. The number of thioether (sulfide) groups is 1. The summed E-state index contributed by atoms with van der Waals surface area (Å²) in [6.07, 6.45) is 0. The van der Waals surface area contributed by atoms with E-state index in [2.05, 4.69) is 4.52 Å². The van der Waals surface area contributed by atoms with Crippen molar-refractivity contribution in [1.29, 1.82) is 0 Å². The molecule has 0 spiro atoms. The average molecular weight is 754 g/mol. The summed E-state index contributed by atoms with van der Waals surface area (Å²) in [7, 11) is -5.11. The first kappa shape index (κ1) is 36.8. The van der Waals surface area contributed by atoms with E-state index in [1.165, 1.54) is 12.1 Å². The number of fused-ring (bicyclic) bond motifs is 2. The number of hydrogen-bond acceptors (Lipinski definition) is 10. The van der Waals surface area contributed by atoms with E-state index in [4.69, 9.17) is 15.0 Å². The number of primary amides is 1. The maximum Gasteiger partial charge on any atom is 0.339 e. The second kappa shape index (κ2) is 14.0. The molecule has 0 fully saturated rings. The van der Waals surface area contributed by atoms with Gasteiger partial charge in [0.1, 0.15) is 28.5 Å². The molecule has 0 aromatic heterocycles. The molecular weight excluding hydrogens is 734 g/mol. The molecule has 1 heterocycles. The van der Waals surface area contributed by atoms with Crippen LogP contribution >= 0.6 is 19.6 Å². The largest absolute Gasteiger partial charge is 0.746 e. The Labute approximate surface area is 285 Å². The highest BCUT2D eigenvalue weighted by molar-refractivity contribution is 8.00. The number of phenols is 1. The van der Waals surface area contributed by atoms with Crippen LogP contribution in [0.3, 0.4) is 0 Å². The van der Waals surface area contributed by atoms with Crippen molar-refractivity contribution in [2.45, 2.75) is 11.4 Å². The number of urea groups is 1. The molecule has 20 heteroatoms. The molecule has 5 rings (SSSR count). The summed E-state index contributed by atoms with van der Waals surface area (Å²) in [6.45, 7) is -1.12. The van der Waals surface area contributed by atoms with E-state index >= 15 is 13.2 Å². The highest BCUT2D eigenvalue weighted by Crippen LogP contribution is 2.46. The molecule has 2 amide bonds. The molecule has 1 aliphatic carbocycles. The second-order valence-electron chi connectivity index (χ2n) is 10.6. The lowest BCUT2D eigenvalue weighted by Crippen LogP contribution is -2.39. The lowest BCUT2D eigenvalue weighted by atomic mass is 9.89. The van der Waals surface area contributed by atoms with E-state index in [-0.39, 0.29) is 29.6 Å². The predicted molar refractivity (Wildman–Crippen MR) is 166 cm³/mol. The highest BCUT2D eigenvalue weighted by atomic mass is 32.2. The molecule has 1 aliphatic heterocycles. The van der Waals surface area contributed by atoms with Crippen molar-refractivity contribution in [3.63, 3.8) is 0 Å². The molecule has 2 aliphatic rings. The molecule has 51 heavy (non-hydrogen) atoms. The van der Waals surface area contributed by atoms with Gasteiger partial charge in [-0.3, -0.25) is 14.2 Å². The number of nitrogens with zero attached hydrogens (tertiary/aromatic N) is 1. The van der Waals surface area contributed by atoms with Gasteiger partial charge in [0.2, 0.25) is 5.43 Å². The molecule has 3 aromatic carbocycles. The zero-order chi connectivity index (χ0) is 37.5. The van der Waals surface area contributed by atoms with Gasteiger partial charge in [-0.15, -0.1) is 11.8 Å². The van der Waals surface area contributed by atoms with Crippen LogP contribution in [-0.2, 0) is 15.9 Å². The third-order valence-electron chi connectivity index (χ3n) is 7.16. The molecule has 0 radical (unpaired) electrons. The van der Waals surface area contributed by atoms with Gasteiger partial charge >= 0.3 is 19.8 Å². The summed E-state index contributed by atoms with van der Waals surface area (Å²) in [5, 5.41) is 19.2. The summed E-state index contributed by atoms with van der Waals surface area (Å²) >= 11 is 0.0452. The van der Waals surface area contributed by atoms with Crippen molar-refractivity contribution in [1.82, 2.24) is 4.90 Å². The quantitative estimate of drug-likeness (QED) is 0.0472. The lowest BCUT2D eigenvalue weighted by Gasteiger charge is -2.21. The van der Waals surface area contributed by atoms with Crippen LogP contribution in [0.5, 0.6) is 11.5 Å². The number of aromatic carboxylic acids is 1. The predicted octanol–water partition coefficient (Wildman–Crippen LogP) is 4.75. The Morgan fingerprint density at radius 2 is 1.63 bits per heavy atom. The van der Waals surface area contributed by atoms with E-state index in [0.717, 1.165) is 17.0 Å². The van der Waals surface area contributed by atoms with Gasteiger partial charge in [0.15, 0.2) is 34.8 Å². The number of carboxylic acid groups (broad SMARTS) is 1. The fraction of sp³-hybridized carbons (Fsp3) is 0.0968. The zero-order valence-corrected chi connectivity index (χ0v) is 26.8. The summed E-state index contributed by atoms with van der Waals surface area (Å²) in [5.41, 5.74) is -0.305. The van der Waals surface area contributed by atoms with Gasteiger partial charge in [-0.2, -0.15) is 0 Å². The fourth-order valence-electron chi connectivity index (χ4n) is 5.00. The van der Waals surface area contributed by atoms with Gasteiger partial charge in [-0.25, -0.2) is 31.5 Å². The number of halogens is 5. The van der Waals surface area contributed by atoms with Crippen molar-refractivity contribution < 1.29 is 69.8 Å². The lowest BCUT2D eigenvalue weighted by molar-refractivity contribution is -0.211. The normalized spacial score (nSPS) is 12.5. The van der Waals surface area contributed by atoms with Crippen molar-refractivity contribution in [3.05, 3.63) is 99.0 Å². The van der Waals surface area contributed by atoms with Crippen LogP contribution in [0.1, 0.15) is 15.9 Å². The number of amides is 2. The Morgan fingerprint density at radius 1 is 0.961 bits per heavy atom. The van der Waals surface area contributed by atoms with E-state index in [9.17, 15) is 47.6 Å². The van der Waals surface area contributed by atoms with Crippen LogP contribution in [0.25, 0.3) is 33.4 Å². The number of carbonyl (C=O) groups excluding carboxylic acids is 2. The van der Waals surface area contributed by atoms with Crippen LogP contribution in [0, 0.1) is 29.1 Å². The number of benzene rings is 4.